The monoisotopic (exact) mass is 522 g/mol. The molecule has 4 aromatic rings. The second kappa shape index (κ2) is 12.8. The molecule has 8 nitrogen and oxygen atoms in total. The van der Waals surface area contributed by atoms with Crippen LogP contribution in [0.2, 0.25) is 0 Å². The molecule has 2 N–H and O–H groups in total. The second-order valence-corrected chi connectivity index (χ2v) is 8.62. The molecule has 0 radical (unpaired) electrons. The third kappa shape index (κ3) is 7.17. The highest BCUT2D eigenvalue weighted by Crippen LogP contribution is 2.26. The standard InChI is InChI=1S/C31H26N2O6/c32-30(34)28-15-8-16-29(38-20-22-9-3-1-4-10-22)27(28)14-7-13-24-19-25(33(36)37)17-18-26(24)31(35)39-21-23-11-5-2-6-12-23/h1-13,15-19H,14,20-21H2,(H2,32,34)/b13-7+. The van der Waals surface area contributed by atoms with Crippen LogP contribution in [0.5, 0.6) is 5.75 Å². The van der Waals surface area contributed by atoms with Crippen LogP contribution in [0.25, 0.3) is 6.08 Å². The van der Waals surface area contributed by atoms with Gasteiger partial charge in [-0.3, -0.25) is 14.9 Å². The van der Waals surface area contributed by atoms with Crippen molar-refractivity contribution >= 4 is 23.6 Å². The van der Waals surface area contributed by atoms with E-state index in [4.69, 9.17) is 15.2 Å². The molecule has 4 aromatic carbocycles. The normalized spacial score (nSPS) is 10.8. The maximum Gasteiger partial charge on any atom is 0.339 e. The van der Waals surface area contributed by atoms with Crippen molar-refractivity contribution in [1.82, 2.24) is 0 Å². The van der Waals surface area contributed by atoms with E-state index in [0.29, 0.717) is 29.0 Å². The number of carbonyl (C=O) groups excluding carboxylic acids is 2. The summed E-state index contributed by atoms with van der Waals surface area (Å²) in [5.74, 6) is -0.733. The van der Waals surface area contributed by atoms with E-state index in [1.165, 1.54) is 18.2 Å². The molecular formula is C31H26N2O6. The van der Waals surface area contributed by atoms with E-state index in [0.717, 1.165) is 11.1 Å². The van der Waals surface area contributed by atoms with Crippen molar-refractivity contribution in [3.63, 3.8) is 0 Å². The molecule has 0 aliphatic carbocycles. The van der Waals surface area contributed by atoms with E-state index < -0.39 is 16.8 Å². The van der Waals surface area contributed by atoms with Gasteiger partial charge in [0.15, 0.2) is 0 Å². The zero-order valence-electron chi connectivity index (χ0n) is 21.0. The lowest BCUT2D eigenvalue weighted by Crippen LogP contribution is -2.14. The highest BCUT2D eigenvalue weighted by atomic mass is 16.6. The number of hydrogen-bond acceptors (Lipinski definition) is 6. The van der Waals surface area contributed by atoms with Gasteiger partial charge in [-0.25, -0.2) is 4.79 Å². The van der Waals surface area contributed by atoms with Gasteiger partial charge in [-0.15, -0.1) is 0 Å². The Bertz CT molecular complexity index is 1500. The number of nitrogens with two attached hydrogens (primary N) is 1. The van der Waals surface area contributed by atoms with Gasteiger partial charge in [-0.05, 0) is 41.3 Å². The molecule has 0 aliphatic heterocycles. The Hall–Kier alpha value is -5.24. The number of primary amides is 1. The SMILES string of the molecule is NC(=O)c1cccc(OCc2ccccc2)c1C/C=C/c1cc([N+](=O)[O-])ccc1C(=O)OCc1ccccc1. The largest absolute Gasteiger partial charge is 0.489 e. The van der Waals surface area contributed by atoms with Gasteiger partial charge in [0.25, 0.3) is 5.69 Å². The van der Waals surface area contributed by atoms with E-state index >= 15 is 0 Å². The fraction of sp³-hybridized carbons (Fsp3) is 0.0968. The van der Waals surface area contributed by atoms with Gasteiger partial charge in [0, 0.05) is 23.3 Å². The molecule has 4 rings (SSSR count). The number of carbonyl (C=O) groups is 2. The van der Waals surface area contributed by atoms with Crippen molar-refractivity contribution in [2.24, 2.45) is 5.73 Å². The lowest BCUT2D eigenvalue weighted by Gasteiger charge is -2.13. The molecule has 0 saturated carbocycles. The minimum Gasteiger partial charge on any atom is -0.489 e. The summed E-state index contributed by atoms with van der Waals surface area (Å²) in [4.78, 5) is 35.9. The van der Waals surface area contributed by atoms with Crippen LogP contribution >= 0.6 is 0 Å². The predicted molar refractivity (Wildman–Crippen MR) is 147 cm³/mol. The number of ether oxygens (including phenoxy) is 2. The molecule has 1 amide bonds. The van der Waals surface area contributed by atoms with Crippen molar-refractivity contribution in [2.75, 3.05) is 0 Å². The summed E-state index contributed by atoms with van der Waals surface area (Å²) >= 11 is 0. The first-order chi connectivity index (χ1) is 18.9. The fourth-order valence-electron chi connectivity index (χ4n) is 3.97. The molecule has 0 bridgehead atoms. The van der Waals surface area contributed by atoms with Crippen molar-refractivity contribution in [1.29, 1.82) is 0 Å². The molecule has 39 heavy (non-hydrogen) atoms. The highest BCUT2D eigenvalue weighted by molar-refractivity contribution is 5.95. The van der Waals surface area contributed by atoms with Crippen LogP contribution in [0.15, 0.2) is 103 Å². The van der Waals surface area contributed by atoms with Gasteiger partial charge < -0.3 is 15.2 Å². The van der Waals surface area contributed by atoms with Gasteiger partial charge in [-0.1, -0.05) is 78.9 Å². The zero-order valence-corrected chi connectivity index (χ0v) is 21.0. The Morgan fingerprint density at radius 2 is 1.49 bits per heavy atom. The Balaban J connectivity index is 1.58. The predicted octanol–water partition coefficient (Wildman–Crippen LogP) is 5.89. The van der Waals surface area contributed by atoms with Gasteiger partial charge in [-0.2, -0.15) is 0 Å². The number of nitro groups is 1. The molecule has 196 valence electrons. The van der Waals surface area contributed by atoms with Gasteiger partial charge in [0.05, 0.1) is 10.5 Å². The smallest absolute Gasteiger partial charge is 0.339 e. The summed E-state index contributed by atoms with van der Waals surface area (Å²) in [5, 5.41) is 11.4. The number of benzene rings is 4. The number of nitro benzene ring substituents is 1. The summed E-state index contributed by atoms with van der Waals surface area (Å²) in [6.07, 6.45) is 3.51. The summed E-state index contributed by atoms with van der Waals surface area (Å²) in [7, 11) is 0. The first-order valence-electron chi connectivity index (χ1n) is 12.2. The molecule has 8 heteroatoms. The highest BCUT2D eigenvalue weighted by Gasteiger charge is 2.17. The Labute approximate surface area is 225 Å². The van der Waals surface area contributed by atoms with Crippen LogP contribution in [0.1, 0.15) is 43.0 Å². The lowest BCUT2D eigenvalue weighted by molar-refractivity contribution is -0.384. The maximum atomic E-state index is 12.9. The fourth-order valence-corrected chi connectivity index (χ4v) is 3.97. The molecule has 0 fully saturated rings. The topological polar surface area (TPSA) is 122 Å². The number of allylic oxidation sites excluding steroid dienone is 1. The first kappa shape index (κ1) is 26.8. The molecule has 0 spiro atoms. The molecule has 0 atom stereocenters. The summed E-state index contributed by atoms with van der Waals surface area (Å²) in [5.41, 5.74) is 8.57. The van der Waals surface area contributed by atoms with E-state index in [1.807, 2.05) is 60.7 Å². The Morgan fingerprint density at radius 1 is 0.821 bits per heavy atom. The third-order valence-corrected chi connectivity index (χ3v) is 5.93. The number of amides is 1. The van der Waals surface area contributed by atoms with Crippen LogP contribution in [-0.4, -0.2) is 16.8 Å². The molecule has 0 unspecified atom stereocenters. The minimum atomic E-state index is -0.613. The molecular weight excluding hydrogens is 496 g/mol. The van der Waals surface area contributed by atoms with Crippen LogP contribution in [-0.2, 0) is 24.4 Å². The van der Waals surface area contributed by atoms with Gasteiger partial charge >= 0.3 is 5.97 Å². The number of rotatable bonds is 11. The molecule has 0 aromatic heterocycles. The molecule has 0 saturated heterocycles. The van der Waals surface area contributed by atoms with Crippen molar-refractivity contribution < 1.29 is 24.0 Å². The van der Waals surface area contributed by atoms with Crippen molar-refractivity contribution in [3.05, 3.63) is 147 Å². The maximum absolute atomic E-state index is 12.9. The van der Waals surface area contributed by atoms with Crippen molar-refractivity contribution in [2.45, 2.75) is 19.6 Å². The number of esters is 1. The first-order valence-corrected chi connectivity index (χ1v) is 12.2. The third-order valence-electron chi connectivity index (χ3n) is 5.93. The minimum absolute atomic E-state index is 0.0634. The molecule has 0 aliphatic rings. The van der Waals surface area contributed by atoms with E-state index in [9.17, 15) is 19.7 Å². The lowest BCUT2D eigenvalue weighted by atomic mass is 10.0. The summed E-state index contributed by atoms with van der Waals surface area (Å²) < 4.78 is 11.4. The average Bonchev–Trinajstić information content (AvgIpc) is 2.96. The number of hydrogen-bond donors (Lipinski definition) is 1. The number of non-ortho nitro benzene ring substituents is 1. The van der Waals surface area contributed by atoms with Crippen LogP contribution < -0.4 is 10.5 Å². The van der Waals surface area contributed by atoms with Crippen molar-refractivity contribution in [3.8, 4) is 5.75 Å². The average molecular weight is 523 g/mol. The van der Waals surface area contributed by atoms with E-state index in [2.05, 4.69) is 0 Å². The summed E-state index contributed by atoms with van der Waals surface area (Å²) in [6, 6.07) is 27.8. The zero-order chi connectivity index (χ0) is 27.6. The second-order valence-electron chi connectivity index (χ2n) is 8.62. The van der Waals surface area contributed by atoms with E-state index in [-0.39, 0.29) is 24.3 Å². The van der Waals surface area contributed by atoms with Gasteiger partial charge in [0.2, 0.25) is 5.91 Å². The summed E-state index contributed by atoms with van der Waals surface area (Å²) in [6.45, 7) is 0.357. The Morgan fingerprint density at radius 3 is 2.13 bits per heavy atom. The molecule has 0 heterocycles. The Kier molecular flexibility index (Phi) is 8.82. The van der Waals surface area contributed by atoms with Gasteiger partial charge in [0.1, 0.15) is 19.0 Å². The quantitative estimate of drug-likeness (QED) is 0.149. The van der Waals surface area contributed by atoms with Crippen LogP contribution in [0.3, 0.4) is 0 Å². The van der Waals surface area contributed by atoms with E-state index in [1.54, 1.807) is 30.4 Å². The van der Waals surface area contributed by atoms with Crippen LogP contribution in [0, 0.1) is 10.1 Å². The number of nitrogens with zero attached hydrogens (tertiary/aromatic N) is 1. The van der Waals surface area contributed by atoms with Crippen LogP contribution in [0.4, 0.5) is 5.69 Å².